The fourth-order valence-electron chi connectivity index (χ4n) is 6.44. The molecule has 0 aromatic rings. The Bertz CT molecular complexity index is 758. The van der Waals surface area contributed by atoms with Crippen molar-refractivity contribution in [3.63, 3.8) is 0 Å². The number of ether oxygens (including phenoxy) is 2. The summed E-state index contributed by atoms with van der Waals surface area (Å²) in [5.41, 5.74) is 0.524. The Hall–Kier alpha value is -1.03. The van der Waals surface area contributed by atoms with Gasteiger partial charge in [-0.3, -0.25) is 0 Å². The molecule has 2 rings (SSSR count). The first-order chi connectivity index (χ1) is 20.7. The van der Waals surface area contributed by atoms with Crippen LogP contribution in [0.15, 0.2) is 11.6 Å². The molecule has 2 aliphatic heterocycles. The lowest BCUT2D eigenvalue weighted by Crippen LogP contribution is -2.31. The maximum atomic E-state index is 11.7. The molecule has 0 saturated carbocycles. The quantitative estimate of drug-likeness (QED) is 0.0590. The van der Waals surface area contributed by atoms with E-state index in [0.717, 1.165) is 32.1 Å². The van der Waals surface area contributed by atoms with Gasteiger partial charge < -0.3 is 35.0 Å². The zero-order valence-corrected chi connectivity index (χ0v) is 27.2. The van der Waals surface area contributed by atoms with Crippen molar-refractivity contribution in [2.75, 3.05) is 0 Å². The molecule has 5 N–H and O–H groups in total. The lowest BCUT2D eigenvalue weighted by atomic mass is 9.98. The van der Waals surface area contributed by atoms with E-state index in [2.05, 4.69) is 6.92 Å². The van der Waals surface area contributed by atoms with E-state index in [0.29, 0.717) is 56.9 Å². The third-order valence-corrected chi connectivity index (χ3v) is 9.19. The molecule has 8 nitrogen and oxygen atoms in total. The van der Waals surface area contributed by atoms with Crippen LogP contribution in [0.25, 0.3) is 0 Å². The Kier molecular flexibility index (Phi) is 19.9. The van der Waals surface area contributed by atoms with Crippen LogP contribution in [0, 0.1) is 0 Å². The van der Waals surface area contributed by atoms with Gasteiger partial charge in [-0.05, 0) is 83.6 Å². The van der Waals surface area contributed by atoms with Gasteiger partial charge in [0.1, 0.15) is 6.10 Å². The van der Waals surface area contributed by atoms with Crippen LogP contribution in [0.1, 0.15) is 155 Å². The molecular formula is C35H64O8. The lowest BCUT2D eigenvalue weighted by molar-refractivity contribution is -0.139. The summed E-state index contributed by atoms with van der Waals surface area (Å²) in [4.78, 5) is 11.7. The average Bonchev–Trinajstić information content (AvgIpc) is 3.59. The second kappa shape index (κ2) is 22.5. The van der Waals surface area contributed by atoms with Gasteiger partial charge in [0, 0.05) is 12.0 Å². The summed E-state index contributed by atoms with van der Waals surface area (Å²) >= 11 is 0. The summed E-state index contributed by atoms with van der Waals surface area (Å²) in [6, 6.07) is 0. The molecular weight excluding hydrogens is 548 g/mol. The Morgan fingerprint density at radius 1 is 0.651 bits per heavy atom. The van der Waals surface area contributed by atoms with E-state index in [1.807, 2.05) is 0 Å². The first-order valence-electron chi connectivity index (χ1n) is 17.7. The molecule has 0 aromatic heterocycles. The minimum absolute atomic E-state index is 0.203. The van der Waals surface area contributed by atoms with Gasteiger partial charge in [-0.25, -0.2) is 4.79 Å². The molecule has 0 spiro atoms. The van der Waals surface area contributed by atoms with E-state index in [1.54, 1.807) is 13.0 Å². The highest BCUT2D eigenvalue weighted by atomic mass is 16.5. The highest BCUT2D eigenvalue weighted by Crippen LogP contribution is 2.28. The number of esters is 1. The van der Waals surface area contributed by atoms with Crippen LogP contribution in [0.5, 0.6) is 0 Å². The topological polar surface area (TPSA) is 137 Å². The first-order valence-corrected chi connectivity index (χ1v) is 17.7. The molecule has 0 unspecified atom stereocenters. The largest absolute Gasteiger partial charge is 0.455 e. The average molecular weight is 613 g/mol. The van der Waals surface area contributed by atoms with Crippen molar-refractivity contribution >= 4 is 5.97 Å². The number of unbranched alkanes of at least 4 members (excludes halogenated alkanes) is 9. The molecule has 2 heterocycles. The van der Waals surface area contributed by atoms with Gasteiger partial charge in [0.15, 0.2) is 0 Å². The standard InChI is InChI=1S/C35H64O8/c1-3-4-5-6-7-8-9-10-11-12-19-31(39)33-22-23-34(43-33)32(40)21-20-29(37)17-13-15-28(36)16-14-18-30(38)25-27-24-26(2)42-35(27)41/h24,26,28-34,36-40H,3-23,25H2,1-2H3/t26-,28+,29-,30+,31-,32-,33-,34-/m1/s1. The van der Waals surface area contributed by atoms with Crippen LogP contribution in [0.4, 0.5) is 0 Å². The second-order valence-electron chi connectivity index (χ2n) is 13.3. The summed E-state index contributed by atoms with van der Waals surface area (Å²) in [5.74, 6) is -0.355. The molecule has 0 radical (unpaired) electrons. The van der Waals surface area contributed by atoms with Crippen molar-refractivity contribution < 1.29 is 39.8 Å². The van der Waals surface area contributed by atoms with Crippen molar-refractivity contribution in [2.45, 2.75) is 204 Å². The van der Waals surface area contributed by atoms with Crippen molar-refractivity contribution in [1.29, 1.82) is 0 Å². The van der Waals surface area contributed by atoms with Gasteiger partial charge in [0.05, 0.1) is 42.7 Å². The van der Waals surface area contributed by atoms with Gasteiger partial charge in [-0.1, -0.05) is 71.1 Å². The molecule has 0 amide bonds. The molecule has 0 bridgehead atoms. The number of rotatable bonds is 26. The van der Waals surface area contributed by atoms with Gasteiger partial charge >= 0.3 is 5.97 Å². The van der Waals surface area contributed by atoms with Crippen LogP contribution < -0.4 is 0 Å². The number of carbonyl (C=O) groups is 1. The summed E-state index contributed by atoms with van der Waals surface area (Å²) < 4.78 is 11.1. The zero-order valence-electron chi connectivity index (χ0n) is 27.2. The zero-order chi connectivity index (χ0) is 31.5. The summed E-state index contributed by atoms with van der Waals surface area (Å²) in [5, 5.41) is 52.1. The summed E-state index contributed by atoms with van der Waals surface area (Å²) in [7, 11) is 0. The molecule has 1 saturated heterocycles. The Balaban J connectivity index is 1.45. The minimum atomic E-state index is -0.647. The summed E-state index contributed by atoms with van der Waals surface area (Å²) in [6.45, 7) is 4.04. The fourth-order valence-corrected chi connectivity index (χ4v) is 6.44. The highest BCUT2D eigenvalue weighted by molar-refractivity contribution is 5.90. The number of hydrogen-bond acceptors (Lipinski definition) is 8. The van der Waals surface area contributed by atoms with E-state index in [1.165, 1.54) is 51.4 Å². The minimum Gasteiger partial charge on any atom is -0.455 e. The molecule has 8 heteroatoms. The maximum absolute atomic E-state index is 11.7. The lowest BCUT2D eigenvalue weighted by Gasteiger charge is -2.23. The fraction of sp³-hybridized carbons (Fsp3) is 0.914. The van der Waals surface area contributed by atoms with Crippen molar-refractivity contribution in [1.82, 2.24) is 0 Å². The van der Waals surface area contributed by atoms with E-state index in [4.69, 9.17) is 9.47 Å². The van der Waals surface area contributed by atoms with Gasteiger partial charge in [0.2, 0.25) is 0 Å². The monoisotopic (exact) mass is 612 g/mol. The van der Waals surface area contributed by atoms with Crippen molar-refractivity contribution in [2.24, 2.45) is 0 Å². The normalized spacial score (nSPS) is 24.0. The maximum Gasteiger partial charge on any atom is 0.334 e. The molecule has 43 heavy (non-hydrogen) atoms. The molecule has 1 fully saturated rings. The number of aliphatic hydroxyl groups excluding tert-OH is 5. The smallest absolute Gasteiger partial charge is 0.334 e. The summed E-state index contributed by atoms with van der Waals surface area (Å²) in [6.07, 6.45) is 18.0. The third kappa shape index (κ3) is 16.7. The third-order valence-electron chi connectivity index (χ3n) is 9.19. The van der Waals surface area contributed by atoms with E-state index in [9.17, 15) is 30.3 Å². The number of hydrogen-bond donors (Lipinski definition) is 5. The van der Waals surface area contributed by atoms with Crippen molar-refractivity contribution in [3.8, 4) is 0 Å². The molecule has 8 atom stereocenters. The SMILES string of the molecule is CCCCCCCCCCCC[C@@H](O)[C@H]1CC[C@H]([C@H](O)CC[C@H](O)CCC[C@H](O)CCC[C@H](O)CC2=C[C@@H](C)OC2=O)O1. The number of cyclic esters (lactones) is 1. The molecule has 2 aliphatic rings. The number of carbonyl (C=O) groups excluding carboxylic acids is 1. The van der Waals surface area contributed by atoms with Crippen LogP contribution in [-0.4, -0.2) is 80.3 Å². The van der Waals surface area contributed by atoms with Gasteiger partial charge in [0.25, 0.3) is 0 Å². The van der Waals surface area contributed by atoms with Crippen molar-refractivity contribution in [3.05, 3.63) is 11.6 Å². The second-order valence-corrected chi connectivity index (χ2v) is 13.3. The van der Waals surface area contributed by atoms with Crippen LogP contribution >= 0.6 is 0 Å². The first kappa shape index (κ1) is 38.2. The number of aliphatic hydroxyl groups is 5. The van der Waals surface area contributed by atoms with Crippen LogP contribution in [0.3, 0.4) is 0 Å². The van der Waals surface area contributed by atoms with Gasteiger partial charge in [-0.15, -0.1) is 0 Å². The molecule has 252 valence electrons. The Morgan fingerprint density at radius 3 is 1.67 bits per heavy atom. The predicted molar refractivity (Wildman–Crippen MR) is 170 cm³/mol. The highest BCUT2D eigenvalue weighted by Gasteiger charge is 2.34. The molecule has 0 aromatic carbocycles. The predicted octanol–water partition coefficient (Wildman–Crippen LogP) is 6.03. The van der Waals surface area contributed by atoms with Crippen LogP contribution in [0.2, 0.25) is 0 Å². The van der Waals surface area contributed by atoms with E-state index in [-0.39, 0.29) is 30.7 Å². The van der Waals surface area contributed by atoms with Crippen LogP contribution in [-0.2, 0) is 14.3 Å². The Morgan fingerprint density at radius 2 is 1.14 bits per heavy atom. The molecule has 0 aliphatic carbocycles. The van der Waals surface area contributed by atoms with E-state index >= 15 is 0 Å². The van der Waals surface area contributed by atoms with Gasteiger partial charge in [-0.2, -0.15) is 0 Å². The van der Waals surface area contributed by atoms with E-state index < -0.39 is 30.5 Å². The Labute approximate surface area is 261 Å².